The number of hydrogen-bond acceptors (Lipinski definition) is 4. The summed E-state index contributed by atoms with van der Waals surface area (Å²) in [5, 5.41) is 0.849. The molecule has 0 spiro atoms. The van der Waals surface area contributed by atoms with Gasteiger partial charge < -0.3 is 14.1 Å². The molecule has 4 nitrogen and oxygen atoms in total. The molecule has 0 aliphatic rings. The van der Waals surface area contributed by atoms with Crippen molar-refractivity contribution in [2.24, 2.45) is 0 Å². The Hall–Kier alpha value is -3.37. The third-order valence-electron chi connectivity index (χ3n) is 8.08. The molecule has 0 aliphatic carbocycles. The van der Waals surface area contributed by atoms with Crippen LogP contribution in [0.2, 0.25) is 0 Å². The van der Waals surface area contributed by atoms with Gasteiger partial charge in [0.15, 0.2) is 5.78 Å². The van der Waals surface area contributed by atoms with Crippen LogP contribution in [0.5, 0.6) is 5.75 Å². The minimum absolute atomic E-state index is 0.0321. The average Bonchev–Trinajstić information content (AvgIpc) is 3.35. The van der Waals surface area contributed by atoms with E-state index in [1.807, 2.05) is 48.5 Å². The molecule has 0 aliphatic heterocycles. The number of rotatable bonds is 13. The zero-order chi connectivity index (χ0) is 29.7. The van der Waals surface area contributed by atoms with E-state index in [2.05, 4.69) is 72.4 Å². The number of carbonyl (C=O) groups excluding carboxylic acids is 1. The van der Waals surface area contributed by atoms with E-state index in [9.17, 15) is 4.79 Å². The number of ether oxygens (including phenoxy) is 1. The standard InChI is InChI=1S/C37H47NO3/c1-9-38(10-2)20-13-21-40-29-18-16-27(17-19-29)36(39)35-30-14-11-12-15-33(30)41-37(35)34-31(25(5)6)22-28(24(3)4)23-32(34)26(7)8/h11-12,14-19,22-26H,9-10,13,20-21H2,1-8H3. The lowest BCUT2D eigenvalue weighted by Crippen LogP contribution is -2.25. The molecule has 0 saturated carbocycles. The fraction of sp³-hybridized carbons (Fsp3) is 0.432. The summed E-state index contributed by atoms with van der Waals surface area (Å²) < 4.78 is 12.6. The van der Waals surface area contributed by atoms with Gasteiger partial charge in [0.2, 0.25) is 0 Å². The van der Waals surface area contributed by atoms with Gasteiger partial charge in [0, 0.05) is 23.1 Å². The Morgan fingerprint density at radius 1 is 0.829 bits per heavy atom. The first-order valence-electron chi connectivity index (χ1n) is 15.4. The number of ketones is 1. The number of carbonyl (C=O) groups is 1. The van der Waals surface area contributed by atoms with Crippen molar-refractivity contribution in [3.63, 3.8) is 0 Å². The topological polar surface area (TPSA) is 42.7 Å². The molecule has 0 bridgehead atoms. The van der Waals surface area contributed by atoms with E-state index >= 15 is 0 Å². The van der Waals surface area contributed by atoms with Gasteiger partial charge in [-0.25, -0.2) is 0 Å². The molecule has 1 aromatic heterocycles. The van der Waals surface area contributed by atoms with Crippen LogP contribution in [-0.4, -0.2) is 36.9 Å². The van der Waals surface area contributed by atoms with E-state index < -0.39 is 0 Å². The molecular formula is C37H47NO3. The van der Waals surface area contributed by atoms with Crippen LogP contribution in [0.3, 0.4) is 0 Å². The molecule has 0 amide bonds. The van der Waals surface area contributed by atoms with Crippen molar-refractivity contribution in [1.29, 1.82) is 0 Å². The highest BCUT2D eigenvalue weighted by molar-refractivity contribution is 6.19. The normalized spacial score (nSPS) is 11.9. The van der Waals surface area contributed by atoms with E-state index in [0.29, 0.717) is 29.4 Å². The van der Waals surface area contributed by atoms with Gasteiger partial charge in [-0.2, -0.15) is 0 Å². The Morgan fingerprint density at radius 2 is 1.44 bits per heavy atom. The zero-order valence-corrected chi connectivity index (χ0v) is 26.2. The van der Waals surface area contributed by atoms with Crippen LogP contribution in [0.4, 0.5) is 0 Å². The van der Waals surface area contributed by atoms with Crippen LogP contribution >= 0.6 is 0 Å². The van der Waals surface area contributed by atoms with Crippen molar-refractivity contribution in [1.82, 2.24) is 4.90 Å². The first-order valence-corrected chi connectivity index (χ1v) is 15.4. The predicted octanol–water partition coefficient (Wildman–Crippen LogP) is 9.81. The van der Waals surface area contributed by atoms with Gasteiger partial charge >= 0.3 is 0 Å². The molecular weight excluding hydrogens is 506 g/mol. The summed E-state index contributed by atoms with van der Waals surface area (Å²) in [6.45, 7) is 21.5. The van der Waals surface area contributed by atoms with Gasteiger partial charge in [-0.1, -0.05) is 85.7 Å². The van der Waals surface area contributed by atoms with E-state index in [-0.39, 0.29) is 17.6 Å². The largest absolute Gasteiger partial charge is 0.494 e. The van der Waals surface area contributed by atoms with Crippen LogP contribution in [0.1, 0.15) is 112 Å². The molecule has 0 N–H and O–H groups in total. The van der Waals surface area contributed by atoms with Gasteiger partial charge in [-0.15, -0.1) is 0 Å². The van der Waals surface area contributed by atoms with Gasteiger partial charge in [0.1, 0.15) is 17.1 Å². The van der Waals surface area contributed by atoms with Crippen molar-refractivity contribution in [2.45, 2.75) is 79.6 Å². The highest BCUT2D eigenvalue weighted by atomic mass is 16.5. The Morgan fingerprint density at radius 3 is 2.00 bits per heavy atom. The van der Waals surface area contributed by atoms with Crippen LogP contribution in [0.25, 0.3) is 22.3 Å². The van der Waals surface area contributed by atoms with Crippen molar-refractivity contribution < 1.29 is 13.9 Å². The maximum absolute atomic E-state index is 14.3. The molecule has 4 aromatic rings. The van der Waals surface area contributed by atoms with Crippen molar-refractivity contribution >= 4 is 16.8 Å². The number of nitrogens with zero attached hydrogens (tertiary/aromatic N) is 1. The number of benzene rings is 3. The van der Waals surface area contributed by atoms with Gasteiger partial charge in [-0.05, 0) is 84.3 Å². The summed E-state index contributed by atoms with van der Waals surface area (Å²) in [5.41, 5.74) is 6.82. The first-order chi connectivity index (χ1) is 19.7. The third kappa shape index (κ3) is 6.76. The maximum atomic E-state index is 14.3. The summed E-state index contributed by atoms with van der Waals surface area (Å²) in [5.74, 6) is 2.39. The molecule has 0 saturated heterocycles. The second-order valence-corrected chi connectivity index (χ2v) is 11.9. The van der Waals surface area contributed by atoms with Crippen LogP contribution < -0.4 is 4.74 Å². The van der Waals surface area contributed by atoms with Crippen LogP contribution in [-0.2, 0) is 0 Å². The summed E-state index contributed by atoms with van der Waals surface area (Å²) in [4.78, 5) is 16.7. The molecule has 0 radical (unpaired) electrons. The number of fused-ring (bicyclic) bond motifs is 1. The Balaban J connectivity index is 1.75. The lowest BCUT2D eigenvalue weighted by Gasteiger charge is -2.22. The fourth-order valence-corrected chi connectivity index (χ4v) is 5.53. The van der Waals surface area contributed by atoms with Crippen molar-refractivity contribution in [2.75, 3.05) is 26.2 Å². The fourth-order valence-electron chi connectivity index (χ4n) is 5.53. The highest BCUT2D eigenvalue weighted by Crippen LogP contribution is 2.44. The molecule has 41 heavy (non-hydrogen) atoms. The number of hydrogen-bond donors (Lipinski definition) is 0. The highest BCUT2D eigenvalue weighted by Gasteiger charge is 2.28. The summed E-state index contributed by atoms with van der Waals surface area (Å²) in [6, 6.07) is 20.1. The molecule has 0 unspecified atom stereocenters. The maximum Gasteiger partial charge on any atom is 0.197 e. The summed E-state index contributed by atoms with van der Waals surface area (Å²) in [6.07, 6.45) is 0.971. The molecule has 0 atom stereocenters. The molecule has 1 heterocycles. The smallest absolute Gasteiger partial charge is 0.197 e. The van der Waals surface area contributed by atoms with E-state index in [1.54, 1.807) is 0 Å². The number of furan rings is 1. The lowest BCUT2D eigenvalue weighted by atomic mass is 9.82. The SMILES string of the molecule is CCN(CC)CCCOc1ccc(C(=O)c2c(-c3c(C(C)C)cc(C(C)C)cc3C(C)C)oc3ccccc23)cc1. The Kier molecular flexibility index (Phi) is 10.1. The monoisotopic (exact) mass is 553 g/mol. The summed E-state index contributed by atoms with van der Waals surface area (Å²) in [7, 11) is 0. The third-order valence-corrected chi connectivity index (χ3v) is 8.08. The average molecular weight is 554 g/mol. The molecule has 4 heteroatoms. The zero-order valence-electron chi connectivity index (χ0n) is 26.2. The van der Waals surface area contributed by atoms with Gasteiger partial charge in [0.05, 0.1) is 12.2 Å². The van der Waals surface area contributed by atoms with E-state index in [4.69, 9.17) is 9.15 Å². The van der Waals surface area contributed by atoms with Gasteiger partial charge in [-0.3, -0.25) is 4.79 Å². The predicted molar refractivity (Wildman–Crippen MR) is 172 cm³/mol. The summed E-state index contributed by atoms with van der Waals surface area (Å²) >= 11 is 0. The Labute approximate surface area is 246 Å². The molecule has 4 rings (SSSR count). The van der Waals surface area contributed by atoms with E-state index in [1.165, 1.54) is 16.7 Å². The number of para-hydroxylation sites is 1. The quantitative estimate of drug-likeness (QED) is 0.122. The minimum Gasteiger partial charge on any atom is -0.494 e. The van der Waals surface area contributed by atoms with Crippen molar-refractivity contribution in [3.05, 3.63) is 88.5 Å². The Bertz CT molecular complexity index is 1430. The van der Waals surface area contributed by atoms with E-state index in [0.717, 1.165) is 48.3 Å². The van der Waals surface area contributed by atoms with Crippen LogP contribution in [0.15, 0.2) is 65.1 Å². The minimum atomic E-state index is -0.0321. The van der Waals surface area contributed by atoms with Crippen molar-refractivity contribution in [3.8, 4) is 17.1 Å². The molecule has 218 valence electrons. The molecule has 3 aromatic carbocycles. The molecule has 0 fully saturated rings. The second kappa shape index (κ2) is 13.5. The first kappa shape index (κ1) is 30.6. The second-order valence-electron chi connectivity index (χ2n) is 11.9. The van der Waals surface area contributed by atoms with Crippen LogP contribution in [0, 0.1) is 0 Å². The van der Waals surface area contributed by atoms with Gasteiger partial charge in [0.25, 0.3) is 0 Å². The lowest BCUT2D eigenvalue weighted by molar-refractivity contribution is 0.104.